The molecule has 4 nitrogen and oxygen atoms in total. The van der Waals surface area contributed by atoms with E-state index in [1.807, 2.05) is 66.7 Å². The van der Waals surface area contributed by atoms with Gasteiger partial charge in [0.1, 0.15) is 5.82 Å². The van der Waals surface area contributed by atoms with E-state index in [1.165, 1.54) is 28.0 Å². The topological polar surface area (TPSA) is 43.6 Å². The van der Waals surface area contributed by atoms with Crippen LogP contribution in [0.2, 0.25) is 0 Å². The summed E-state index contributed by atoms with van der Waals surface area (Å²) in [5.41, 5.74) is 9.72. The van der Waals surface area contributed by atoms with Crippen molar-refractivity contribution in [2.45, 2.75) is 13.8 Å². The number of hydrogen-bond acceptors (Lipinski definition) is 3. The second-order valence-electron chi connectivity index (χ2n) is 11.7. The molecule has 0 saturated carbocycles. The molecule has 0 saturated heterocycles. The van der Waals surface area contributed by atoms with Gasteiger partial charge in [0, 0.05) is 33.2 Å². The number of nitrogens with zero attached hydrogens (tertiary/aromatic N) is 4. The summed E-state index contributed by atoms with van der Waals surface area (Å²) in [7, 11) is 0. The molecule has 46 heavy (non-hydrogen) atoms. The van der Waals surface area contributed by atoms with Crippen molar-refractivity contribution in [1.29, 1.82) is 0 Å². The Morgan fingerprint density at radius 1 is 0.457 bits per heavy atom. The summed E-state index contributed by atoms with van der Waals surface area (Å²) >= 11 is 0. The lowest BCUT2D eigenvalue weighted by Crippen LogP contribution is -2.02. The first-order valence-corrected chi connectivity index (χ1v) is 15.3. The summed E-state index contributed by atoms with van der Waals surface area (Å²) in [6, 6.07) is 46.0. The van der Waals surface area contributed by atoms with Gasteiger partial charge in [-0.2, -0.15) is 0 Å². The Morgan fingerprint density at radius 3 is 1.57 bits per heavy atom. The van der Waals surface area contributed by atoms with E-state index in [1.54, 1.807) is 12.1 Å². The van der Waals surface area contributed by atoms with Crippen LogP contribution >= 0.6 is 0 Å². The molecular formula is C41H29FN4. The fourth-order valence-electron chi connectivity index (χ4n) is 6.21. The molecule has 0 amide bonds. The van der Waals surface area contributed by atoms with Crippen LogP contribution in [0, 0.1) is 19.7 Å². The van der Waals surface area contributed by atoms with E-state index < -0.39 is 0 Å². The van der Waals surface area contributed by atoms with Gasteiger partial charge < -0.3 is 4.57 Å². The Morgan fingerprint density at radius 2 is 1.00 bits per heavy atom. The van der Waals surface area contributed by atoms with Gasteiger partial charge in [-0.3, -0.25) is 0 Å². The number of rotatable bonds is 5. The first-order valence-electron chi connectivity index (χ1n) is 15.3. The van der Waals surface area contributed by atoms with Crippen molar-refractivity contribution in [3.63, 3.8) is 0 Å². The lowest BCUT2D eigenvalue weighted by molar-refractivity contribution is 0.628. The van der Waals surface area contributed by atoms with Crippen LogP contribution in [-0.4, -0.2) is 19.5 Å². The van der Waals surface area contributed by atoms with E-state index in [4.69, 9.17) is 15.0 Å². The summed E-state index contributed by atoms with van der Waals surface area (Å²) in [5, 5.41) is 2.38. The molecule has 0 atom stereocenters. The largest absolute Gasteiger partial charge is 0.309 e. The lowest BCUT2D eigenvalue weighted by atomic mass is 9.98. The summed E-state index contributed by atoms with van der Waals surface area (Å²) in [6.07, 6.45) is 0. The van der Waals surface area contributed by atoms with Crippen LogP contribution in [0.3, 0.4) is 0 Å². The lowest BCUT2D eigenvalue weighted by Gasteiger charge is -2.16. The molecule has 0 spiro atoms. The van der Waals surface area contributed by atoms with Gasteiger partial charge >= 0.3 is 0 Å². The van der Waals surface area contributed by atoms with Crippen molar-refractivity contribution < 1.29 is 4.39 Å². The van der Waals surface area contributed by atoms with Gasteiger partial charge in [-0.05, 0) is 72.5 Å². The molecule has 0 fully saturated rings. The third-order valence-corrected chi connectivity index (χ3v) is 8.42. The van der Waals surface area contributed by atoms with E-state index in [0.717, 1.165) is 44.5 Å². The van der Waals surface area contributed by atoms with Crippen molar-refractivity contribution >= 4 is 21.8 Å². The third kappa shape index (κ3) is 4.92. The normalized spacial score (nSPS) is 11.4. The van der Waals surface area contributed by atoms with Crippen LogP contribution in [0.4, 0.5) is 4.39 Å². The zero-order valence-electron chi connectivity index (χ0n) is 25.4. The number of fused-ring (bicyclic) bond motifs is 3. The third-order valence-electron chi connectivity index (χ3n) is 8.42. The summed E-state index contributed by atoms with van der Waals surface area (Å²) in [4.78, 5) is 15.0. The zero-order chi connectivity index (χ0) is 31.2. The van der Waals surface area contributed by atoms with Crippen LogP contribution in [0.5, 0.6) is 0 Å². The molecule has 6 aromatic carbocycles. The fourth-order valence-corrected chi connectivity index (χ4v) is 6.21. The smallest absolute Gasteiger partial charge is 0.164 e. The van der Waals surface area contributed by atoms with E-state index in [2.05, 4.69) is 73.0 Å². The maximum atomic E-state index is 14.6. The highest BCUT2D eigenvalue weighted by Crippen LogP contribution is 2.38. The summed E-state index contributed by atoms with van der Waals surface area (Å²) < 4.78 is 16.9. The van der Waals surface area contributed by atoms with Crippen molar-refractivity contribution in [3.05, 3.63) is 156 Å². The average molecular weight is 597 g/mol. The molecule has 0 unspecified atom stereocenters. The second kappa shape index (κ2) is 11.2. The maximum Gasteiger partial charge on any atom is 0.164 e. The number of benzene rings is 6. The maximum absolute atomic E-state index is 14.6. The molecule has 2 heterocycles. The van der Waals surface area contributed by atoms with E-state index in [9.17, 15) is 4.39 Å². The first kappa shape index (κ1) is 27.6. The van der Waals surface area contributed by atoms with Gasteiger partial charge in [-0.1, -0.05) is 103 Å². The Bertz CT molecular complexity index is 2280. The van der Waals surface area contributed by atoms with Crippen molar-refractivity contribution in [2.75, 3.05) is 0 Å². The van der Waals surface area contributed by atoms with Crippen LogP contribution in [-0.2, 0) is 0 Å². The minimum Gasteiger partial charge on any atom is -0.309 e. The van der Waals surface area contributed by atoms with Gasteiger partial charge in [0.25, 0.3) is 0 Å². The minimum atomic E-state index is -0.300. The average Bonchev–Trinajstić information content (AvgIpc) is 3.40. The highest BCUT2D eigenvalue weighted by molar-refractivity contribution is 6.09. The highest BCUT2D eigenvalue weighted by Gasteiger charge is 2.19. The number of aryl methyl sites for hydroxylation is 2. The molecule has 2 aromatic heterocycles. The molecule has 8 aromatic rings. The highest BCUT2D eigenvalue weighted by atomic mass is 19.1. The van der Waals surface area contributed by atoms with Gasteiger partial charge in [-0.25, -0.2) is 19.3 Å². The SMILES string of the molecule is Cc1ccc2c3ccc(C)cc3n(-c3ccc(-c4cccc(F)c4)c(-c4nc(-c5ccccc5)nc(-c5ccccc5)n4)c3)c2c1. The summed E-state index contributed by atoms with van der Waals surface area (Å²) in [5.74, 6) is 1.36. The molecule has 0 aliphatic heterocycles. The van der Waals surface area contributed by atoms with Crippen LogP contribution in [0.25, 0.3) is 72.8 Å². The minimum absolute atomic E-state index is 0.300. The Balaban J connectivity index is 1.44. The molecule has 0 aliphatic rings. The van der Waals surface area contributed by atoms with Crippen LogP contribution in [0.1, 0.15) is 11.1 Å². The van der Waals surface area contributed by atoms with Crippen LogP contribution in [0.15, 0.2) is 140 Å². The van der Waals surface area contributed by atoms with Gasteiger partial charge in [0.15, 0.2) is 17.5 Å². The standard InChI is InChI=1S/C41H29FN4/c1-26-16-19-34-35-20-17-27(2)23-38(35)46(37(34)22-26)32-18-21-33(30-14-9-15-31(42)24-30)36(25-32)41-44-39(28-10-5-3-6-11-28)43-40(45-41)29-12-7-4-8-13-29/h3-25H,1-2H3. The fraction of sp³-hybridized carbons (Fsp3) is 0.0488. The molecule has 0 radical (unpaired) electrons. The molecule has 0 aliphatic carbocycles. The predicted octanol–water partition coefficient (Wildman–Crippen LogP) is 10.4. The second-order valence-corrected chi connectivity index (χ2v) is 11.7. The Labute approximate surface area is 266 Å². The van der Waals surface area contributed by atoms with Gasteiger partial charge in [0.05, 0.1) is 11.0 Å². The molecule has 220 valence electrons. The predicted molar refractivity (Wildman–Crippen MR) is 185 cm³/mol. The van der Waals surface area contributed by atoms with Crippen LogP contribution < -0.4 is 0 Å². The van der Waals surface area contributed by atoms with Crippen molar-refractivity contribution in [1.82, 2.24) is 19.5 Å². The van der Waals surface area contributed by atoms with Gasteiger partial charge in [0.2, 0.25) is 0 Å². The molecule has 8 rings (SSSR count). The van der Waals surface area contributed by atoms with E-state index in [0.29, 0.717) is 17.5 Å². The molecular weight excluding hydrogens is 567 g/mol. The van der Waals surface area contributed by atoms with Gasteiger partial charge in [-0.15, -0.1) is 0 Å². The quantitative estimate of drug-likeness (QED) is 0.199. The molecule has 0 N–H and O–H groups in total. The Kier molecular flexibility index (Phi) is 6.72. The Hall–Kier alpha value is -5.94. The molecule has 5 heteroatoms. The monoisotopic (exact) mass is 596 g/mol. The zero-order valence-corrected chi connectivity index (χ0v) is 25.4. The van der Waals surface area contributed by atoms with Crippen molar-refractivity contribution in [2.24, 2.45) is 0 Å². The van der Waals surface area contributed by atoms with E-state index in [-0.39, 0.29) is 5.82 Å². The number of halogens is 1. The first-order chi connectivity index (χ1) is 22.5. The summed E-state index contributed by atoms with van der Waals surface area (Å²) in [6.45, 7) is 4.23. The van der Waals surface area contributed by atoms with E-state index >= 15 is 0 Å². The molecule has 0 bridgehead atoms. The number of aromatic nitrogens is 4. The van der Waals surface area contributed by atoms with Crippen molar-refractivity contribution in [3.8, 4) is 51.0 Å². The number of hydrogen-bond donors (Lipinski definition) is 0.